The smallest absolute Gasteiger partial charge is 0.243 e. The number of amides is 1. The molecule has 0 saturated heterocycles. The first kappa shape index (κ1) is 14.0. The molecule has 5 heteroatoms. The highest BCUT2D eigenvalue weighted by Gasteiger charge is 2.12. The zero-order chi connectivity index (χ0) is 14.8. The zero-order valence-electron chi connectivity index (χ0n) is 11.3. The van der Waals surface area contributed by atoms with Crippen LogP contribution in [0.5, 0.6) is 0 Å². The molecule has 106 valence electrons. The molecule has 0 radical (unpaired) electrons. The normalized spacial score (nSPS) is 12.3. The van der Waals surface area contributed by atoms with E-state index in [1.807, 2.05) is 23.6 Å². The number of halogens is 1. The topological polar surface area (TPSA) is 42.0 Å². The van der Waals surface area contributed by atoms with E-state index >= 15 is 0 Å². The molecule has 1 N–H and O–H groups in total. The van der Waals surface area contributed by atoms with Gasteiger partial charge in [0.25, 0.3) is 0 Å². The number of benzene rings is 2. The van der Waals surface area contributed by atoms with Crippen LogP contribution in [0.2, 0.25) is 0 Å². The van der Waals surface area contributed by atoms with Crippen molar-refractivity contribution in [1.82, 2.24) is 4.98 Å². The largest absolute Gasteiger partial charge is 0.301 e. The van der Waals surface area contributed by atoms with Crippen LogP contribution in [0.1, 0.15) is 6.92 Å². The van der Waals surface area contributed by atoms with Gasteiger partial charge >= 0.3 is 0 Å². The van der Waals surface area contributed by atoms with Crippen LogP contribution in [0.4, 0.5) is 5.13 Å². The second-order valence-electron chi connectivity index (χ2n) is 4.71. The maximum atomic E-state index is 11.6. The molecule has 2 aromatic carbocycles. The van der Waals surface area contributed by atoms with E-state index in [1.54, 1.807) is 6.92 Å². The maximum Gasteiger partial charge on any atom is 0.243 e. The van der Waals surface area contributed by atoms with E-state index in [0.29, 0.717) is 5.13 Å². The van der Waals surface area contributed by atoms with Gasteiger partial charge in [0.1, 0.15) is 5.38 Å². The molecule has 0 aliphatic carbocycles. The van der Waals surface area contributed by atoms with Crippen LogP contribution in [0, 0.1) is 0 Å². The molecule has 3 aromatic rings. The Morgan fingerprint density at radius 3 is 2.76 bits per heavy atom. The van der Waals surface area contributed by atoms with E-state index in [9.17, 15) is 4.79 Å². The van der Waals surface area contributed by atoms with Gasteiger partial charge in [-0.2, -0.15) is 0 Å². The van der Waals surface area contributed by atoms with Crippen LogP contribution in [0.15, 0.2) is 47.8 Å². The minimum Gasteiger partial charge on any atom is -0.301 e. The predicted octanol–water partition coefficient (Wildman–Crippen LogP) is 4.53. The molecule has 3 nitrogen and oxygen atoms in total. The molecule has 1 unspecified atom stereocenters. The maximum absolute atomic E-state index is 11.6. The number of carbonyl (C=O) groups is 1. The molecule has 21 heavy (non-hydrogen) atoms. The first-order valence-corrected chi connectivity index (χ1v) is 7.85. The molecule has 1 amide bonds. The third kappa shape index (κ3) is 3.06. The number of alkyl halides is 1. The van der Waals surface area contributed by atoms with Gasteiger partial charge in [-0.05, 0) is 23.8 Å². The lowest BCUT2D eigenvalue weighted by Crippen LogP contribution is -2.20. The number of hydrogen-bond donors (Lipinski definition) is 1. The molecule has 1 atom stereocenters. The second-order valence-corrected chi connectivity index (χ2v) is 6.22. The van der Waals surface area contributed by atoms with E-state index in [0.717, 1.165) is 11.3 Å². The molecule has 3 rings (SSSR count). The molecular formula is C16H13ClN2OS. The summed E-state index contributed by atoms with van der Waals surface area (Å²) in [6, 6.07) is 14.4. The zero-order valence-corrected chi connectivity index (χ0v) is 12.9. The van der Waals surface area contributed by atoms with E-state index in [4.69, 9.17) is 11.6 Å². The Kier molecular flexibility index (Phi) is 3.90. The van der Waals surface area contributed by atoms with Gasteiger partial charge in [-0.25, -0.2) is 4.98 Å². The summed E-state index contributed by atoms with van der Waals surface area (Å²) in [5.41, 5.74) is 1.88. The minimum absolute atomic E-state index is 0.240. The van der Waals surface area contributed by atoms with Crippen molar-refractivity contribution in [3.8, 4) is 11.3 Å². The Hall–Kier alpha value is -1.91. The lowest BCUT2D eigenvalue weighted by molar-refractivity contribution is -0.115. The average Bonchev–Trinajstić information content (AvgIpc) is 2.95. The number of rotatable bonds is 3. The minimum atomic E-state index is -0.571. The van der Waals surface area contributed by atoms with Crippen molar-refractivity contribution in [3.05, 3.63) is 47.8 Å². The number of nitrogens with zero attached hydrogens (tertiary/aromatic N) is 1. The second kappa shape index (κ2) is 5.84. The molecule has 0 saturated carbocycles. The summed E-state index contributed by atoms with van der Waals surface area (Å²) < 4.78 is 0. The Morgan fingerprint density at radius 1 is 1.24 bits per heavy atom. The average molecular weight is 317 g/mol. The quantitative estimate of drug-likeness (QED) is 0.721. The number of nitrogens with one attached hydrogen (secondary N) is 1. The molecule has 1 heterocycles. The van der Waals surface area contributed by atoms with Crippen LogP contribution in [0.3, 0.4) is 0 Å². The van der Waals surface area contributed by atoms with E-state index in [-0.39, 0.29) is 5.91 Å². The Bertz CT molecular complexity index is 798. The van der Waals surface area contributed by atoms with Crippen molar-refractivity contribution in [2.75, 3.05) is 5.32 Å². The Balaban J connectivity index is 1.89. The molecular weight excluding hydrogens is 304 g/mol. The van der Waals surface area contributed by atoms with Crippen LogP contribution in [0.25, 0.3) is 22.0 Å². The van der Waals surface area contributed by atoms with Gasteiger partial charge in [0.05, 0.1) is 5.69 Å². The summed E-state index contributed by atoms with van der Waals surface area (Å²) in [5.74, 6) is -0.240. The van der Waals surface area contributed by atoms with Gasteiger partial charge < -0.3 is 5.32 Å². The Labute approximate surface area is 131 Å². The number of anilines is 1. The van der Waals surface area contributed by atoms with Gasteiger partial charge in [0, 0.05) is 10.9 Å². The SMILES string of the molecule is CC(Cl)C(=O)Nc1nc(-c2ccc3ccccc3c2)cs1. The monoisotopic (exact) mass is 316 g/mol. The number of aromatic nitrogens is 1. The first-order valence-electron chi connectivity index (χ1n) is 6.53. The van der Waals surface area contributed by atoms with Crippen molar-refractivity contribution >= 4 is 44.7 Å². The highest BCUT2D eigenvalue weighted by atomic mass is 35.5. The lowest BCUT2D eigenvalue weighted by atomic mass is 10.1. The standard InChI is InChI=1S/C16H13ClN2OS/c1-10(17)15(20)19-16-18-14(9-21-16)13-7-6-11-4-2-3-5-12(11)8-13/h2-10H,1H3,(H,18,19,20). The summed E-state index contributed by atoms with van der Waals surface area (Å²) in [7, 11) is 0. The number of thiazole rings is 1. The molecule has 1 aromatic heterocycles. The van der Waals surface area contributed by atoms with Crippen molar-refractivity contribution < 1.29 is 4.79 Å². The lowest BCUT2D eigenvalue weighted by Gasteiger charge is -2.02. The Morgan fingerprint density at radius 2 is 2.00 bits per heavy atom. The fourth-order valence-electron chi connectivity index (χ4n) is 2.02. The summed E-state index contributed by atoms with van der Waals surface area (Å²) in [4.78, 5) is 16.0. The van der Waals surface area contributed by atoms with Gasteiger partial charge in [0.15, 0.2) is 5.13 Å². The van der Waals surface area contributed by atoms with E-state index in [1.165, 1.54) is 22.1 Å². The van der Waals surface area contributed by atoms with Crippen LogP contribution in [-0.4, -0.2) is 16.3 Å². The number of hydrogen-bond acceptors (Lipinski definition) is 3. The molecule has 0 bridgehead atoms. The van der Waals surface area contributed by atoms with Crippen LogP contribution in [-0.2, 0) is 4.79 Å². The summed E-state index contributed by atoms with van der Waals surface area (Å²) in [6.07, 6.45) is 0. The van der Waals surface area contributed by atoms with Crippen molar-refractivity contribution in [2.24, 2.45) is 0 Å². The molecule has 0 aliphatic heterocycles. The van der Waals surface area contributed by atoms with Crippen molar-refractivity contribution in [3.63, 3.8) is 0 Å². The van der Waals surface area contributed by atoms with Gasteiger partial charge in [-0.3, -0.25) is 4.79 Å². The highest BCUT2D eigenvalue weighted by Crippen LogP contribution is 2.27. The van der Waals surface area contributed by atoms with Crippen LogP contribution < -0.4 is 5.32 Å². The predicted molar refractivity (Wildman–Crippen MR) is 89.0 cm³/mol. The third-order valence-electron chi connectivity index (χ3n) is 3.14. The van der Waals surface area contributed by atoms with E-state index in [2.05, 4.69) is 34.6 Å². The molecule has 0 fully saturated rings. The van der Waals surface area contributed by atoms with Gasteiger partial charge in [-0.1, -0.05) is 36.4 Å². The van der Waals surface area contributed by atoms with Gasteiger partial charge in [-0.15, -0.1) is 22.9 Å². The number of carbonyl (C=O) groups excluding carboxylic acids is 1. The summed E-state index contributed by atoms with van der Waals surface area (Å²) >= 11 is 7.13. The summed E-state index contributed by atoms with van der Waals surface area (Å²) in [6.45, 7) is 1.63. The van der Waals surface area contributed by atoms with Crippen LogP contribution >= 0.6 is 22.9 Å². The molecule has 0 aliphatic rings. The fourth-order valence-corrected chi connectivity index (χ4v) is 2.79. The third-order valence-corrected chi connectivity index (χ3v) is 4.10. The number of fused-ring (bicyclic) bond motifs is 1. The van der Waals surface area contributed by atoms with Crippen molar-refractivity contribution in [1.29, 1.82) is 0 Å². The van der Waals surface area contributed by atoms with E-state index < -0.39 is 5.38 Å². The fraction of sp³-hybridized carbons (Fsp3) is 0.125. The first-order chi connectivity index (χ1) is 10.1. The summed E-state index contributed by atoms with van der Waals surface area (Å²) in [5, 5.41) is 6.99. The van der Waals surface area contributed by atoms with Gasteiger partial charge in [0.2, 0.25) is 5.91 Å². The highest BCUT2D eigenvalue weighted by molar-refractivity contribution is 7.14. The molecule has 0 spiro atoms. The van der Waals surface area contributed by atoms with Crippen molar-refractivity contribution in [2.45, 2.75) is 12.3 Å².